The van der Waals surface area contributed by atoms with E-state index < -0.39 is 10.0 Å². The highest BCUT2D eigenvalue weighted by molar-refractivity contribution is 7.89. The molecule has 0 atom stereocenters. The zero-order chi connectivity index (χ0) is 23.6. The van der Waals surface area contributed by atoms with Crippen molar-refractivity contribution >= 4 is 38.5 Å². The van der Waals surface area contributed by atoms with E-state index in [-0.39, 0.29) is 42.5 Å². The number of amides is 3. The Balaban J connectivity index is 1.28. The molecule has 3 amide bonds. The van der Waals surface area contributed by atoms with Gasteiger partial charge >= 0.3 is 0 Å². The van der Waals surface area contributed by atoms with E-state index in [4.69, 9.17) is 0 Å². The highest BCUT2D eigenvalue weighted by atomic mass is 32.2. The molecule has 0 unspecified atom stereocenters. The van der Waals surface area contributed by atoms with E-state index in [9.17, 15) is 22.8 Å². The summed E-state index contributed by atoms with van der Waals surface area (Å²) in [5.74, 6) is -0.656. The monoisotopic (exact) mass is 471 g/mol. The first kappa shape index (κ1) is 23.4. The van der Waals surface area contributed by atoms with Crippen molar-refractivity contribution in [3.63, 3.8) is 0 Å². The largest absolute Gasteiger partial charge is 0.353 e. The van der Waals surface area contributed by atoms with Crippen molar-refractivity contribution in [3.8, 4) is 0 Å². The van der Waals surface area contributed by atoms with Crippen LogP contribution in [0.3, 0.4) is 0 Å². The van der Waals surface area contributed by atoms with Crippen molar-refractivity contribution in [1.82, 2.24) is 14.5 Å². The Bertz CT molecular complexity index is 1140. The van der Waals surface area contributed by atoms with Gasteiger partial charge in [-0.25, -0.2) is 12.7 Å². The lowest BCUT2D eigenvalue weighted by atomic mass is 9.94. The summed E-state index contributed by atoms with van der Waals surface area (Å²) < 4.78 is 25.9. The topological polar surface area (TPSA) is 104 Å². The Labute approximate surface area is 194 Å². The lowest BCUT2D eigenvalue weighted by molar-refractivity contribution is -0.122. The van der Waals surface area contributed by atoms with Gasteiger partial charge in [-0.3, -0.25) is 19.3 Å². The van der Waals surface area contributed by atoms with Crippen molar-refractivity contribution in [2.75, 3.05) is 25.4 Å². The van der Waals surface area contributed by atoms with Gasteiger partial charge in [0.15, 0.2) is 0 Å². The minimum Gasteiger partial charge on any atom is -0.353 e. The molecule has 2 aliphatic rings. The van der Waals surface area contributed by atoms with E-state index in [1.165, 1.54) is 9.21 Å². The first-order valence-electron chi connectivity index (χ1n) is 11.5. The molecule has 4 rings (SSSR count). The average Bonchev–Trinajstić information content (AvgIpc) is 2.80. The summed E-state index contributed by atoms with van der Waals surface area (Å²) in [6.07, 6.45) is 2.31. The summed E-state index contributed by atoms with van der Waals surface area (Å²) in [7, 11) is -3.21. The number of carbonyl (C=O) groups is 3. The average molecular weight is 472 g/mol. The Morgan fingerprint density at radius 3 is 2.21 bits per heavy atom. The molecule has 33 heavy (non-hydrogen) atoms. The van der Waals surface area contributed by atoms with Gasteiger partial charge in [-0.05, 0) is 43.2 Å². The van der Waals surface area contributed by atoms with Crippen LogP contribution in [-0.2, 0) is 14.8 Å². The fourth-order valence-corrected chi connectivity index (χ4v) is 6.19. The molecular weight excluding hydrogens is 442 g/mol. The quantitative estimate of drug-likeness (QED) is 0.596. The van der Waals surface area contributed by atoms with Crippen LogP contribution in [0.4, 0.5) is 0 Å². The predicted molar refractivity (Wildman–Crippen MR) is 125 cm³/mol. The molecule has 0 radical (unpaired) electrons. The first-order valence-corrected chi connectivity index (χ1v) is 13.1. The lowest BCUT2D eigenvalue weighted by Crippen LogP contribution is -2.47. The molecule has 0 aromatic heterocycles. The Kier molecular flexibility index (Phi) is 6.81. The number of imide groups is 1. The summed E-state index contributed by atoms with van der Waals surface area (Å²) in [6.45, 7) is 2.84. The summed E-state index contributed by atoms with van der Waals surface area (Å²) in [5, 5.41) is 4.52. The van der Waals surface area contributed by atoms with Crippen molar-refractivity contribution in [1.29, 1.82) is 0 Å². The molecular formula is C24H29N3O5S. The minimum absolute atomic E-state index is 0.0618. The normalized spacial score (nSPS) is 17.5. The van der Waals surface area contributed by atoms with Crippen molar-refractivity contribution in [2.45, 2.75) is 45.1 Å². The van der Waals surface area contributed by atoms with E-state index in [1.54, 1.807) is 24.3 Å². The van der Waals surface area contributed by atoms with Gasteiger partial charge in [0.05, 0.1) is 5.75 Å². The molecule has 9 heteroatoms. The third-order valence-electron chi connectivity index (χ3n) is 6.32. The van der Waals surface area contributed by atoms with Gasteiger partial charge in [0, 0.05) is 48.6 Å². The number of rotatable bonds is 8. The number of hydrogen-bond acceptors (Lipinski definition) is 5. The summed E-state index contributed by atoms with van der Waals surface area (Å²) >= 11 is 0. The maximum Gasteiger partial charge on any atom is 0.261 e. The van der Waals surface area contributed by atoms with Crippen molar-refractivity contribution < 1.29 is 22.8 Å². The van der Waals surface area contributed by atoms with Crippen LogP contribution in [0.15, 0.2) is 36.4 Å². The number of nitrogens with zero attached hydrogens (tertiary/aromatic N) is 2. The zero-order valence-corrected chi connectivity index (χ0v) is 19.6. The summed E-state index contributed by atoms with van der Waals surface area (Å²) in [4.78, 5) is 39.5. The van der Waals surface area contributed by atoms with Crippen LogP contribution < -0.4 is 5.32 Å². The van der Waals surface area contributed by atoms with Crippen LogP contribution in [0, 0.1) is 0 Å². The fourth-order valence-electron chi connectivity index (χ4n) is 4.65. The molecule has 1 saturated heterocycles. The number of nitrogens with one attached hydrogen (secondary N) is 1. The molecule has 2 aromatic rings. The Morgan fingerprint density at radius 2 is 1.64 bits per heavy atom. The second-order valence-electron chi connectivity index (χ2n) is 8.63. The van der Waals surface area contributed by atoms with E-state index >= 15 is 0 Å². The molecule has 0 saturated carbocycles. The molecule has 1 fully saturated rings. The minimum atomic E-state index is -3.21. The van der Waals surface area contributed by atoms with Gasteiger partial charge in [0.2, 0.25) is 15.9 Å². The molecule has 0 aliphatic carbocycles. The highest BCUT2D eigenvalue weighted by Crippen LogP contribution is 2.30. The number of benzene rings is 2. The van der Waals surface area contributed by atoms with Crippen LogP contribution in [0.5, 0.6) is 0 Å². The van der Waals surface area contributed by atoms with Gasteiger partial charge in [0.25, 0.3) is 11.8 Å². The number of piperidine rings is 1. The van der Waals surface area contributed by atoms with Gasteiger partial charge in [-0.1, -0.05) is 31.2 Å². The first-order chi connectivity index (χ1) is 15.8. The predicted octanol–water partition coefficient (Wildman–Crippen LogP) is 2.54. The maximum absolute atomic E-state index is 12.9. The zero-order valence-electron chi connectivity index (χ0n) is 18.7. The molecule has 176 valence electrons. The molecule has 0 bridgehead atoms. The van der Waals surface area contributed by atoms with E-state index in [0.29, 0.717) is 55.3 Å². The Hall–Kier alpha value is -2.78. The molecule has 8 nitrogen and oxygen atoms in total. The fraction of sp³-hybridized carbons (Fsp3) is 0.458. The number of carbonyl (C=O) groups excluding carboxylic acids is 3. The summed E-state index contributed by atoms with van der Waals surface area (Å²) in [5.41, 5.74) is 1.02. The summed E-state index contributed by atoms with van der Waals surface area (Å²) in [6, 6.07) is 10.8. The third kappa shape index (κ3) is 4.79. The van der Waals surface area contributed by atoms with Gasteiger partial charge in [-0.2, -0.15) is 0 Å². The third-order valence-corrected chi connectivity index (χ3v) is 8.39. The van der Waals surface area contributed by atoms with E-state index in [0.717, 1.165) is 5.39 Å². The van der Waals surface area contributed by atoms with Crippen LogP contribution in [0.25, 0.3) is 10.8 Å². The van der Waals surface area contributed by atoms with E-state index in [2.05, 4.69) is 5.32 Å². The Morgan fingerprint density at radius 1 is 1.03 bits per heavy atom. The number of sulfonamides is 1. The maximum atomic E-state index is 12.9. The van der Waals surface area contributed by atoms with Gasteiger partial charge in [-0.15, -0.1) is 0 Å². The van der Waals surface area contributed by atoms with Crippen LogP contribution in [-0.4, -0.2) is 66.8 Å². The molecule has 2 aromatic carbocycles. The number of hydrogen-bond donors (Lipinski definition) is 1. The highest BCUT2D eigenvalue weighted by Gasteiger charge is 2.32. The molecule has 1 N–H and O–H groups in total. The van der Waals surface area contributed by atoms with Gasteiger partial charge < -0.3 is 5.32 Å². The standard InChI is InChI=1S/C24H29N3O5S/c1-2-16-33(31,32)26-14-11-18(12-15-26)25-21(28)10-5-13-27-23(29)19-8-3-6-17-7-4-9-20(22(17)19)24(27)30/h3-4,6-9,18H,2,5,10-16H2,1H3,(H,25,28). The van der Waals surface area contributed by atoms with Crippen LogP contribution in [0.1, 0.15) is 59.7 Å². The molecule has 0 spiro atoms. The van der Waals surface area contributed by atoms with E-state index in [1.807, 2.05) is 19.1 Å². The van der Waals surface area contributed by atoms with Crippen LogP contribution >= 0.6 is 0 Å². The van der Waals surface area contributed by atoms with Crippen molar-refractivity contribution in [3.05, 3.63) is 47.5 Å². The smallest absolute Gasteiger partial charge is 0.261 e. The van der Waals surface area contributed by atoms with Crippen molar-refractivity contribution in [2.24, 2.45) is 0 Å². The van der Waals surface area contributed by atoms with Gasteiger partial charge in [0.1, 0.15) is 0 Å². The molecule has 2 heterocycles. The SMILES string of the molecule is CCCS(=O)(=O)N1CCC(NC(=O)CCCN2C(=O)c3cccc4cccc(c34)C2=O)CC1. The molecule has 2 aliphatic heterocycles. The van der Waals surface area contributed by atoms with Crippen LogP contribution in [0.2, 0.25) is 0 Å². The lowest BCUT2D eigenvalue weighted by Gasteiger charge is -2.31. The second kappa shape index (κ2) is 9.61. The second-order valence-corrected chi connectivity index (χ2v) is 10.7.